The van der Waals surface area contributed by atoms with Crippen LogP contribution in [0.5, 0.6) is 0 Å². The summed E-state index contributed by atoms with van der Waals surface area (Å²) in [5.41, 5.74) is 6.40. The van der Waals surface area contributed by atoms with Crippen LogP contribution in [0.3, 0.4) is 0 Å². The summed E-state index contributed by atoms with van der Waals surface area (Å²) >= 11 is 1.54. The Labute approximate surface area is 197 Å². The van der Waals surface area contributed by atoms with Crippen LogP contribution >= 0.6 is 11.3 Å². The van der Waals surface area contributed by atoms with E-state index in [4.69, 9.17) is 4.98 Å². The third kappa shape index (κ3) is 4.68. The van der Waals surface area contributed by atoms with Gasteiger partial charge in [0.05, 0.1) is 20.8 Å². The van der Waals surface area contributed by atoms with Crippen LogP contribution in [0.15, 0.2) is 88.9 Å². The lowest BCUT2D eigenvalue weighted by Gasteiger charge is -2.25. The topological polar surface area (TPSA) is 74.7 Å². The zero-order valence-electron chi connectivity index (χ0n) is 18.0. The van der Waals surface area contributed by atoms with Gasteiger partial charge in [-0.25, -0.2) is 13.4 Å². The summed E-state index contributed by atoms with van der Waals surface area (Å²) in [6.07, 6.45) is 2.92. The average molecular weight is 477 g/mol. The molecule has 6 nitrogen and oxygen atoms in total. The SMILES string of the molecule is O=S(=O)(c1ccc(-c2nc3ccccc3s/c2=N\Nc2ccccc2)cc1)N1CCCCC1. The maximum atomic E-state index is 13.0. The fourth-order valence-electron chi connectivity index (χ4n) is 3.89. The Balaban J connectivity index is 1.54. The summed E-state index contributed by atoms with van der Waals surface area (Å²) in [6.45, 7) is 1.18. The maximum Gasteiger partial charge on any atom is 0.243 e. The van der Waals surface area contributed by atoms with Gasteiger partial charge in [0, 0.05) is 18.7 Å². The molecular formula is C25H24N4O2S2. The van der Waals surface area contributed by atoms with Crippen LogP contribution in [-0.4, -0.2) is 30.8 Å². The molecule has 5 rings (SSSR count). The van der Waals surface area contributed by atoms with Crippen LogP contribution in [0.1, 0.15) is 19.3 Å². The summed E-state index contributed by atoms with van der Waals surface area (Å²) < 4.78 is 29.4. The molecule has 0 spiro atoms. The lowest BCUT2D eigenvalue weighted by molar-refractivity contribution is 0.346. The van der Waals surface area contributed by atoms with E-state index in [2.05, 4.69) is 10.5 Å². The number of anilines is 1. The van der Waals surface area contributed by atoms with Crippen molar-refractivity contribution in [2.75, 3.05) is 18.5 Å². The van der Waals surface area contributed by atoms with Crippen molar-refractivity contribution < 1.29 is 8.42 Å². The number of aromatic nitrogens is 1. The second-order valence-electron chi connectivity index (χ2n) is 7.91. The van der Waals surface area contributed by atoms with E-state index in [-0.39, 0.29) is 0 Å². The van der Waals surface area contributed by atoms with Crippen molar-refractivity contribution in [1.29, 1.82) is 0 Å². The van der Waals surface area contributed by atoms with Gasteiger partial charge >= 0.3 is 0 Å². The molecule has 33 heavy (non-hydrogen) atoms. The predicted molar refractivity (Wildman–Crippen MR) is 133 cm³/mol. The highest BCUT2D eigenvalue weighted by atomic mass is 32.2. The fraction of sp³-hybridized carbons (Fsp3) is 0.200. The number of rotatable bonds is 5. The molecule has 4 aromatic rings. The molecule has 0 saturated carbocycles. The molecule has 8 heteroatoms. The summed E-state index contributed by atoms with van der Waals surface area (Å²) in [5.74, 6) is 0. The number of nitrogens with zero attached hydrogens (tertiary/aromatic N) is 3. The molecule has 0 unspecified atom stereocenters. The summed E-state index contributed by atoms with van der Waals surface area (Å²) in [7, 11) is -3.47. The standard InChI is InChI=1S/C25H24N4O2S2/c30-33(31,29-17-7-2-8-18-29)21-15-13-19(14-16-21)24-25(28-27-20-9-3-1-4-10-20)32-23-12-6-5-11-22(23)26-24/h1,3-6,9-16,27H,2,7-8,17-18H2/b28-25-. The number of para-hydroxylation sites is 2. The van der Waals surface area contributed by atoms with Crippen molar-refractivity contribution in [3.8, 4) is 11.3 Å². The first kappa shape index (κ1) is 21.8. The highest BCUT2D eigenvalue weighted by Gasteiger charge is 2.25. The quantitative estimate of drug-likeness (QED) is 0.408. The van der Waals surface area contributed by atoms with Gasteiger partial charge in [0.15, 0.2) is 4.67 Å². The molecule has 0 radical (unpaired) electrons. The lowest BCUT2D eigenvalue weighted by atomic mass is 10.2. The molecule has 0 amide bonds. The predicted octanol–water partition coefficient (Wildman–Crippen LogP) is 5.07. The molecule has 1 N–H and O–H groups in total. The van der Waals surface area contributed by atoms with Crippen LogP contribution in [0, 0.1) is 0 Å². The molecule has 1 aliphatic rings. The molecule has 0 bridgehead atoms. The van der Waals surface area contributed by atoms with Crippen molar-refractivity contribution in [2.24, 2.45) is 5.10 Å². The van der Waals surface area contributed by atoms with Crippen molar-refractivity contribution in [3.63, 3.8) is 0 Å². The number of hydrogen-bond acceptors (Lipinski definition) is 6. The second-order valence-corrected chi connectivity index (χ2v) is 10.9. The van der Waals surface area contributed by atoms with E-state index in [1.165, 1.54) is 0 Å². The van der Waals surface area contributed by atoms with Crippen LogP contribution in [0.2, 0.25) is 0 Å². The van der Waals surface area contributed by atoms with Gasteiger partial charge in [0.25, 0.3) is 0 Å². The summed E-state index contributed by atoms with van der Waals surface area (Å²) in [5, 5.41) is 4.63. The normalized spacial score (nSPS) is 15.6. The monoisotopic (exact) mass is 476 g/mol. The summed E-state index contributed by atoms with van der Waals surface area (Å²) in [4.78, 5) is 5.17. The minimum absolute atomic E-state index is 0.318. The van der Waals surface area contributed by atoms with Gasteiger partial charge in [-0.15, -0.1) is 11.3 Å². The first-order valence-electron chi connectivity index (χ1n) is 11.0. The Morgan fingerprint density at radius 1 is 0.848 bits per heavy atom. The van der Waals surface area contributed by atoms with Gasteiger partial charge in [-0.2, -0.15) is 9.41 Å². The Morgan fingerprint density at radius 3 is 2.30 bits per heavy atom. The van der Waals surface area contributed by atoms with Crippen LogP contribution in [-0.2, 0) is 10.0 Å². The minimum Gasteiger partial charge on any atom is -0.277 e. The Hall–Kier alpha value is -3.07. The maximum absolute atomic E-state index is 13.0. The number of sulfonamides is 1. The first-order chi connectivity index (χ1) is 16.1. The van der Waals surface area contributed by atoms with Gasteiger partial charge in [0.1, 0.15) is 5.69 Å². The molecule has 0 atom stereocenters. The zero-order chi connectivity index (χ0) is 22.7. The number of piperidine rings is 1. The van der Waals surface area contributed by atoms with Gasteiger partial charge < -0.3 is 0 Å². The van der Waals surface area contributed by atoms with E-state index < -0.39 is 10.0 Å². The van der Waals surface area contributed by atoms with Crippen LogP contribution in [0.25, 0.3) is 21.5 Å². The van der Waals surface area contributed by atoms with Gasteiger partial charge in [-0.05, 0) is 49.2 Å². The highest BCUT2D eigenvalue weighted by Crippen LogP contribution is 2.25. The van der Waals surface area contributed by atoms with E-state index in [9.17, 15) is 8.42 Å². The Morgan fingerprint density at radius 2 is 1.55 bits per heavy atom. The van der Waals surface area contributed by atoms with Gasteiger partial charge in [-0.1, -0.05) is 48.9 Å². The van der Waals surface area contributed by atoms with Crippen molar-refractivity contribution in [2.45, 2.75) is 24.2 Å². The fourth-order valence-corrected chi connectivity index (χ4v) is 6.33. The molecule has 2 heterocycles. The van der Waals surface area contributed by atoms with Crippen molar-refractivity contribution in [1.82, 2.24) is 9.29 Å². The zero-order valence-corrected chi connectivity index (χ0v) is 19.6. The van der Waals surface area contributed by atoms with Crippen LogP contribution in [0.4, 0.5) is 5.69 Å². The number of nitrogens with one attached hydrogen (secondary N) is 1. The largest absolute Gasteiger partial charge is 0.277 e. The average Bonchev–Trinajstić information content (AvgIpc) is 2.88. The minimum atomic E-state index is -3.47. The molecule has 168 valence electrons. The van der Waals surface area contributed by atoms with E-state index in [0.29, 0.717) is 23.7 Å². The molecule has 1 fully saturated rings. The lowest BCUT2D eigenvalue weighted by Crippen LogP contribution is -2.35. The molecule has 0 aliphatic carbocycles. The number of hydrogen-bond donors (Lipinski definition) is 1. The Kier molecular flexibility index (Phi) is 6.22. The van der Waals surface area contributed by atoms with Gasteiger partial charge in [0.2, 0.25) is 10.0 Å². The van der Waals surface area contributed by atoms with E-state index >= 15 is 0 Å². The Bertz CT molecular complexity index is 1430. The van der Waals surface area contributed by atoms with E-state index in [1.54, 1.807) is 27.8 Å². The highest BCUT2D eigenvalue weighted by molar-refractivity contribution is 7.89. The molecule has 1 saturated heterocycles. The third-order valence-electron chi connectivity index (χ3n) is 5.65. The number of benzene rings is 3. The molecular weight excluding hydrogens is 452 g/mol. The van der Waals surface area contributed by atoms with Crippen LogP contribution < -0.4 is 10.1 Å². The number of fused-ring (bicyclic) bond motifs is 1. The molecule has 3 aromatic carbocycles. The smallest absolute Gasteiger partial charge is 0.243 e. The first-order valence-corrected chi connectivity index (χ1v) is 13.2. The summed E-state index contributed by atoms with van der Waals surface area (Å²) in [6, 6.07) is 24.7. The van der Waals surface area contributed by atoms with Crippen molar-refractivity contribution in [3.05, 3.63) is 83.5 Å². The third-order valence-corrected chi connectivity index (χ3v) is 8.60. The molecule has 1 aliphatic heterocycles. The second kappa shape index (κ2) is 9.43. The molecule has 1 aromatic heterocycles. The van der Waals surface area contributed by atoms with E-state index in [0.717, 1.165) is 45.4 Å². The van der Waals surface area contributed by atoms with Crippen molar-refractivity contribution >= 4 is 37.3 Å². The van der Waals surface area contributed by atoms with Gasteiger partial charge in [-0.3, -0.25) is 5.43 Å². The van der Waals surface area contributed by atoms with E-state index in [1.807, 2.05) is 66.7 Å².